The van der Waals surface area contributed by atoms with Crippen LogP contribution in [-0.2, 0) is 20.4 Å². The van der Waals surface area contributed by atoms with E-state index in [2.05, 4.69) is 55.4 Å². The highest BCUT2D eigenvalue weighted by Gasteiger charge is 2.58. The zero-order chi connectivity index (χ0) is 46.1. The summed E-state index contributed by atoms with van der Waals surface area (Å²) in [5.74, 6) is -2.47. The quantitative estimate of drug-likeness (QED) is 0.0416. The summed E-state index contributed by atoms with van der Waals surface area (Å²) in [6.45, 7) is 33.7. The summed E-state index contributed by atoms with van der Waals surface area (Å²) >= 11 is 0. The molecule has 6 rings (SSSR count). The average molecular weight is 1020 g/mol. The van der Waals surface area contributed by atoms with Gasteiger partial charge in [0, 0.05) is 10.8 Å². The molecule has 10 heteroatoms. The molecule has 2 aromatic carbocycles. The molecule has 2 bridgehead atoms. The Bertz CT molecular complexity index is 1570. The summed E-state index contributed by atoms with van der Waals surface area (Å²) in [5, 5.41) is 40.6. The van der Waals surface area contributed by atoms with Crippen LogP contribution >= 0.6 is 0 Å². The van der Waals surface area contributed by atoms with Gasteiger partial charge in [-0.25, -0.2) is 0 Å². The second-order valence-electron chi connectivity index (χ2n) is 19.2. The largest absolute Gasteiger partial charge is 1.00 e. The van der Waals surface area contributed by atoms with Gasteiger partial charge in [0.25, 0.3) is 0 Å². The molecule has 8 nitrogen and oxygen atoms in total. The van der Waals surface area contributed by atoms with Gasteiger partial charge in [-0.15, -0.1) is 0 Å². The number of benzene rings is 2. The Morgan fingerprint density at radius 3 is 0.703 bits per heavy atom. The fraction of sp³-hybridized carbons (Fsp3) is 0.667. The second kappa shape index (κ2) is 27.9. The predicted octanol–water partition coefficient (Wildman–Crippen LogP) is 6.47. The smallest absolute Gasteiger partial charge is 0.226 e. The number of hydrogen-bond donors (Lipinski definition) is 4. The molecule has 0 saturated heterocycles. The van der Waals surface area contributed by atoms with Gasteiger partial charge in [0.1, 0.15) is 0 Å². The Labute approximate surface area is 410 Å². The van der Waals surface area contributed by atoms with Crippen molar-refractivity contribution in [3.05, 3.63) is 69.8 Å². The number of phenols is 4. The van der Waals surface area contributed by atoms with Crippen molar-refractivity contribution in [3.63, 3.8) is 0 Å². The van der Waals surface area contributed by atoms with Crippen LogP contribution in [0.2, 0.25) is 0 Å². The Hall–Kier alpha value is -2.66. The van der Waals surface area contributed by atoms with Crippen LogP contribution < -0.4 is 34.0 Å². The van der Waals surface area contributed by atoms with Crippen molar-refractivity contribution in [2.75, 3.05) is 52.4 Å². The van der Waals surface area contributed by atoms with Crippen molar-refractivity contribution in [1.29, 1.82) is 0 Å². The Morgan fingerprint density at radius 1 is 0.375 bits per heavy atom. The first-order chi connectivity index (χ1) is 29.6. The lowest BCUT2D eigenvalue weighted by Gasteiger charge is -2.56. The maximum atomic E-state index is 12.2. The van der Waals surface area contributed by atoms with E-state index in [1.54, 1.807) is 0 Å². The highest BCUT2D eigenvalue weighted by Crippen LogP contribution is 2.66. The monoisotopic (exact) mass is 1020 g/mol. The molecule has 0 radical (unpaired) electrons. The highest BCUT2D eigenvalue weighted by molar-refractivity contribution is 6.47. The topological polar surface area (TPSA) is 115 Å². The maximum absolute atomic E-state index is 12.2. The van der Waals surface area contributed by atoms with E-state index in [-0.39, 0.29) is 57.0 Å². The molecule has 64 heavy (non-hydrogen) atoms. The Kier molecular flexibility index (Phi) is 25.8. The van der Waals surface area contributed by atoms with Crippen LogP contribution in [0.4, 0.5) is 0 Å². The van der Waals surface area contributed by atoms with Gasteiger partial charge in [-0.3, -0.25) is 9.59 Å². The van der Waals surface area contributed by atoms with E-state index in [1.165, 1.54) is 200 Å². The van der Waals surface area contributed by atoms with E-state index in [1.807, 2.05) is 13.8 Å². The molecule has 364 valence electrons. The summed E-state index contributed by atoms with van der Waals surface area (Å²) in [5.41, 5.74) is 1.91. The molecular formula is C54H88Br2N2O6. The van der Waals surface area contributed by atoms with Crippen molar-refractivity contribution in [1.82, 2.24) is 0 Å². The Morgan fingerprint density at radius 2 is 0.547 bits per heavy atom. The van der Waals surface area contributed by atoms with Crippen molar-refractivity contribution < 1.29 is 72.9 Å². The van der Waals surface area contributed by atoms with Gasteiger partial charge in [-0.1, -0.05) is 107 Å². The van der Waals surface area contributed by atoms with Gasteiger partial charge in [0.15, 0.2) is 23.0 Å². The molecule has 0 fully saturated rings. The standard InChI is InChI=1S/C22H16O6.2C16H36N.2BrH/c1-21-9-3-15(23)18(26)6-12(9)22(2,13-7-19(27)16(24)4-10(13)21)14-8-20(28)17(25)5-11(14)21;2*1-5-9-13-17(14-10-6-2,15-11-7-3)16-12-8-4;;/h3-8,23-24,26-27H,1-2H3;2*5-16H2,1-4H3;2*1H/q;2*+1;;/p-2. The number of hydrogen-bond acceptors (Lipinski definition) is 6. The molecule has 0 aliphatic heterocycles. The number of halogens is 2. The maximum Gasteiger partial charge on any atom is 0.226 e. The molecule has 0 spiro atoms. The molecule has 0 heterocycles. The number of carbonyl (C=O) groups is 2. The van der Waals surface area contributed by atoms with Crippen LogP contribution in [0, 0.1) is 0 Å². The van der Waals surface area contributed by atoms with Gasteiger partial charge in [-0.2, -0.15) is 0 Å². The van der Waals surface area contributed by atoms with E-state index in [0.717, 1.165) is 0 Å². The summed E-state index contributed by atoms with van der Waals surface area (Å²) in [7, 11) is 0. The molecule has 4 aliphatic carbocycles. The second-order valence-corrected chi connectivity index (χ2v) is 19.2. The minimum Gasteiger partial charge on any atom is -1.00 e. The molecule has 0 amide bonds. The minimum absolute atomic E-state index is 0. The first-order valence-electron chi connectivity index (χ1n) is 25.0. The number of quaternary nitrogens is 2. The fourth-order valence-corrected chi connectivity index (χ4v) is 10.4. The molecule has 0 saturated carbocycles. The van der Waals surface area contributed by atoms with E-state index in [0.29, 0.717) is 33.4 Å². The highest BCUT2D eigenvalue weighted by atomic mass is 79.9. The van der Waals surface area contributed by atoms with E-state index < -0.39 is 22.4 Å². The zero-order valence-electron chi connectivity index (χ0n) is 41.7. The van der Waals surface area contributed by atoms with Crippen LogP contribution in [0.1, 0.15) is 194 Å². The summed E-state index contributed by atoms with van der Waals surface area (Å²) in [6, 6.07) is 5.81. The average Bonchev–Trinajstić information content (AvgIpc) is 3.26. The normalized spacial score (nSPS) is 18.2. The molecule has 0 atom stereocenters. The molecule has 0 unspecified atom stereocenters. The SMILES string of the molecule is CC12C3=CC(=O)C(=O)C=C3C(C)(c3cc(O)c(O)cc31)c1cc(O)c(O)cc12.CCCC[N+](CCCC)(CCCC)CCCC.CCCC[N+](CCCC)(CCCC)CCCC.[Br-].[Br-]. The Balaban J connectivity index is 0.000000502. The van der Waals surface area contributed by atoms with Crippen LogP contribution in [0.25, 0.3) is 0 Å². The van der Waals surface area contributed by atoms with Crippen molar-refractivity contribution in [2.45, 2.75) is 183 Å². The molecule has 4 aliphatic rings. The van der Waals surface area contributed by atoms with Crippen LogP contribution in [0.5, 0.6) is 23.0 Å². The summed E-state index contributed by atoms with van der Waals surface area (Å²) < 4.78 is 2.84. The minimum atomic E-state index is -0.971. The number of aromatic hydroxyl groups is 4. The number of rotatable bonds is 24. The third-order valence-electron chi connectivity index (χ3n) is 14.4. The number of ketones is 2. The van der Waals surface area contributed by atoms with E-state index >= 15 is 0 Å². The third kappa shape index (κ3) is 13.7. The molecule has 2 aromatic rings. The van der Waals surface area contributed by atoms with Gasteiger partial charge in [0.2, 0.25) is 11.6 Å². The van der Waals surface area contributed by atoms with Crippen molar-refractivity contribution >= 4 is 11.6 Å². The first kappa shape index (κ1) is 59.4. The van der Waals surface area contributed by atoms with Crippen LogP contribution in [-0.4, -0.2) is 93.3 Å². The number of carbonyl (C=O) groups excluding carboxylic acids is 2. The predicted molar refractivity (Wildman–Crippen MR) is 257 cm³/mol. The van der Waals surface area contributed by atoms with Gasteiger partial charge in [-0.05, 0) is 135 Å². The van der Waals surface area contributed by atoms with E-state index in [4.69, 9.17) is 0 Å². The molecule has 4 N–H and O–H groups in total. The number of phenolic OH excluding ortho intramolecular Hbond substituents is 4. The van der Waals surface area contributed by atoms with Crippen molar-refractivity contribution in [2.24, 2.45) is 0 Å². The first-order valence-corrected chi connectivity index (χ1v) is 25.0. The van der Waals surface area contributed by atoms with Crippen LogP contribution in [0.3, 0.4) is 0 Å². The van der Waals surface area contributed by atoms with Crippen molar-refractivity contribution in [3.8, 4) is 23.0 Å². The summed E-state index contributed by atoms with van der Waals surface area (Å²) in [4.78, 5) is 24.4. The number of allylic oxidation sites excluding steroid dienone is 4. The molecular weight excluding hydrogens is 932 g/mol. The number of nitrogens with zero attached hydrogens (tertiary/aromatic N) is 2. The lowest BCUT2D eigenvalue weighted by atomic mass is 9.45. The zero-order valence-corrected chi connectivity index (χ0v) is 44.9. The lowest BCUT2D eigenvalue weighted by Crippen LogP contribution is -3.00. The van der Waals surface area contributed by atoms with Gasteiger partial charge >= 0.3 is 0 Å². The van der Waals surface area contributed by atoms with Gasteiger partial charge < -0.3 is 63.4 Å². The van der Waals surface area contributed by atoms with E-state index in [9.17, 15) is 30.0 Å². The fourth-order valence-electron chi connectivity index (χ4n) is 10.4. The van der Waals surface area contributed by atoms with Crippen LogP contribution in [0.15, 0.2) is 47.6 Å². The third-order valence-corrected chi connectivity index (χ3v) is 14.4. The van der Waals surface area contributed by atoms with Gasteiger partial charge in [0.05, 0.1) is 52.4 Å². The lowest BCUT2D eigenvalue weighted by molar-refractivity contribution is -0.929. The number of unbranched alkanes of at least 4 members (excludes halogenated alkanes) is 8. The summed E-state index contributed by atoms with van der Waals surface area (Å²) in [6.07, 6.45) is 24.8. The molecule has 0 aromatic heterocycles.